The number of hydrogen-bond donors (Lipinski definition) is 0. The Morgan fingerprint density at radius 1 is 0.735 bits per heavy atom. The van der Waals surface area contributed by atoms with Gasteiger partial charge in [-0.15, -0.1) is 0 Å². The molecule has 2 fully saturated rings. The summed E-state index contributed by atoms with van der Waals surface area (Å²) in [5.41, 5.74) is 18.2. The monoisotopic (exact) mass is 896 g/mol. The molecule has 10 aliphatic rings. The van der Waals surface area contributed by atoms with Gasteiger partial charge in [0.05, 0.1) is 6.04 Å². The van der Waals surface area contributed by atoms with Gasteiger partial charge in [-0.3, -0.25) is 4.90 Å². The molecule has 3 nitrogen and oxygen atoms in total. The van der Waals surface area contributed by atoms with Crippen LogP contribution in [0.15, 0.2) is 190 Å². The van der Waals surface area contributed by atoms with Crippen molar-refractivity contribution in [2.45, 2.75) is 149 Å². The maximum absolute atomic E-state index is 3.14. The summed E-state index contributed by atoms with van der Waals surface area (Å²) in [5.74, 6) is 1.41. The van der Waals surface area contributed by atoms with Crippen LogP contribution in [-0.4, -0.2) is 35.8 Å². The molecule has 2 saturated heterocycles. The lowest BCUT2D eigenvalue weighted by molar-refractivity contribution is 0.137. The van der Waals surface area contributed by atoms with Gasteiger partial charge in [-0.05, 0) is 153 Å². The third-order valence-corrected chi connectivity index (χ3v) is 18.3. The van der Waals surface area contributed by atoms with Crippen molar-refractivity contribution >= 4 is 29.2 Å². The zero-order valence-corrected chi connectivity index (χ0v) is 42.1. The van der Waals surface area contributed by atoms with Gasteiger partial charge in [0, 0.05) is 57.9 Å². The predicted octanol–water partition coefficient (Wildman–Crippen LogP) is 15.3. The molecule has 3 aliphatic heterocycles. The van der Waals surface area contributed by atoms with E-state index in [-0.39, 0.29) is 29.0 Å². The largest absolute Gasteiger partial charge is 0.334 e. The van der Waals surface area contributed by atoms with Gasteiger partial charge in [0.1, 0.15) is 0 Å². The van der Waals surface area contributed by atoms with Gasteiger partial charge in [-0.1, -0.05) is 173 Å². The summed E-state index contributed by atoms with van der Waals surface area (Å²) < 4.78 is 0. The summed E-state index contributed by atoms with van der Waals surface area (Å²) in [6.07, 6.45) is 53.0. The number of anilines is 3. The molecule has 0 N–H and O–H groups in total. The molecular weight excluding hydrogens is 822 g/mol. The molecule has 348 valence electrons. The first-order chi connectivity index (χ1) is 32.9. The average Bonchev–Trinajstić information content (AvgIpc) is 3.70. The summed E-state index contributed by atoms with van der Waals surface area (Å²) in [7, 11) is 0. The summed E-state index contributed by atoms with van der Waals surface area (Å²) in [4.78, 5) is 8.53. The Labute approximate surface area is 409 Å². The number of hydrogen-bond acceptors (Lipinski definition) is 3. The molecule has 0 amide bonds. The highest BCUT2D eigenvalue weighted by Crippen LogP contribution is 2.62. The Bertz CT molecular complexity index is 2760. The second kappa shape index (κ2) is 16.8. The van der Waals surface area contributed by atoms with E-state index in [2.05, 4.69) is 209 Å². The molecule has 0 bridgehead atoms. The summed E-state index contributed by atoms with van der Waals surface area (Å²) in [6, 6.07) is 20.1. The van der Waals surface area contributed by atoms with Crippen LogP contribution >= 0.6 is 0 Å². The van der Waals surface area contributed by atoms with Crippen LogP contribution in [0.5, 0.6) is 0 Å². The van der Waals surface area contributed by atoms with Gasteiger partial charge in [-0.25, -0.2) is 0 Å². The first-order valence-corrected chi connectivity index (χ1v) is 26.8. The Kier molecular flexibility index (Phi) is 10.9. The maximum Gasteiger partial charge on any atom is 0.220 e. The Morgan fingerprint density at radius 2 is 1.60 bits per heavy atom. The lowest BCUT2D eigenvalue weighted by Crippen LogP contribution is -2.64. The minimum Gasteiger partial charge on any atom is -0.334 e. The van der Waals surface area contributed by atoms with E-state index in [4.69, 9.17) is 0 Å². The van der Waals surface area contributed by atoms with Crippen LogP contribution in [0.1, 0.15) is 119 Å². The molecular formula is C64H74BN3. The molecule has 2 aromatic carbocycles. The van der Waals surface area contributed by atoms with E-state index in [1.54, 1.807) is 27.8 Å². The molecule has 2 aromatic rings. The topological polar surface area (TPSA) is 9.72 Å². The minimum absolute atomic E-state index is 0.0451. The molecule has 0 aromatic heterocycles. The predicted molar refractivity (Wildman–Crippen MR) is 290 cm³/mol. The highest BCUT2D eigenvalue weighted by Gasteiger charge is 2.62. The molecule has 0 spiro atoms. The molecule has 68 heavy (non-hydrogen) atoms. The second-order valence-corrected chi connectivity index (χ2v) is 24.2. The van der Waals surface area contributed by atoms with Gasteiger partial charge < -0.3 is 9.80 Å². The van der Waals surface area contributed by atoms with Crippen LogP contribution in [-0.2, 0) is 0 Å². The Balaban J connectivity index is 1.14. The van der Waals surface area contributed by atoms with E-state index in [1.165, 1.54) is 71.6 Å². The average molecular weight is 896 g/mol. The maximum atomic E-state index is 3.14. The van der Waals surface area contributed by atoms with Crippen molar-refractivity contribution in [2.75, 3.05) is 9.80 Å². The van der Waals surface area contributed by atoms with Crippen molar-refractivity contribution in [3.63, 3.8) is 0 Å². The van der Waals surface area contributed by atoms with Gasteiger partial charge >= 0.3 is 0 Å². The molecule has 4 heteroatoms. The standard InChI is InChI=1S/C64H74BN3/c1-62(2,3)45-33-36-56-52(37-45)53-38-46(63(4,5)6)39-55-61(53)68(56)59-41-47(64(7,43-23-13-8-14-24-43)44-25-15-9-16-26-44)40-58-60(59)65(55)54-35-34-51(42-57(54)67(58)50-31-21-12-22-32-50)66(48-27-17-10-18-28-48)49-29-19-11-20-30-49/h8,10-11,13,17-21,23,25,27-29,31-36,38-40,42,45,49,52,55-56,59,61H,9,12,14-16,22,24,26,30,37,41H2,1-7H3. The summed E-state index contributed by atoms with van der Waals surface area (Å²) in [5, 5.41) is 0. The summed E-state index contributed by atoms with van der Waals surface area (Å²) >= 11 is 0. The smallest absolute Gasteiger partial charge is 0.220 e. The first-order valence-electron chi connectivity index (χ1n) is 26.8. The van der Waals surface area contributed by atoms with Gasteiger partial charge in [0.25, 0.3) is 0 Å². The highest BCUT2D eigenvalue weighted by molar-refractivity contribution is 6.84. The zero-order chi connectivity index (χ0) is 46.5. The third kappa shape index (κ3) is 7.16. The van der Waals surface area contributed by atoms with Crippen molar-refractivity contribution < 1.29 is 0 Å². The van der Waals surface area contributed by atoms with E-state index in [0.29, 0.717) is 35.8 Å². The van der Waals surface area contributed by atoms with E-state index in [1.807, 2.05) is 0 Å². The fourth-order valence-corrected chi connectivity index (χ4v) is 14.7. The van der Waals surface area contributed by atoms with Crippen LogP contribution < -0.4 is 15.3 Å². The van der Waals surface area contributed by atoms with Gasteiger partial charge in [0.2, 0.25) is 6.71 Å². The van der Waals surface area contributed by atoms with Crippen molar-refractivity contribution in [1.82, 2.24) is 4.90 Å². The Morgan fingerprint density at radius 3 is 2.32 bits per heavy atom. The van der Waals surface area contributed by atoms with Gasteiger partial charge in [0.15, 0.2) is 0 Å². The Hall–Kier alpha value is -5.06. The fraction of sp³-hybridized carbons (Fsp3) is 0.438. The normalized spacial score (nSPS) is 30.2. The lowest BCUT2D eigenvalue weighted by Gasteiger charge is -2.56. The van der Waals surface area contributed by atoms with Crippen molar-refractivity contribution in [3.05, 3.63) is 190 Å². The van der Waals surface area contributed by atoms with Crippen LogP contribution in [0.3, 0.4) is 0 Å². The molecule has 0 radical (unpaired) electrons. The van der Waals surface area contributed by atoms with E-state index in [9.17, 15) is 0 Å². The molecule has 12 rings (SSSR count). The van der Waals surface area contributed by atoms with Crippen LogP contribution in [0, 0.1) is 28.1 Å². The summed E-state index contributed by atoms with van der Waals surface area (Å²) in [6.45, 7) is 17.7. The lowest BCUT2D eigenvalue weighted by atomic mass is 9.26. The van der Waals surface area contributed by atoms with Crippen molar-refractivity contribution in [1.29, 1.82) is 0 Å². The van der Waals surface area contributed by atoms with Crippen LogP contribution in [0.2, 0.25) is 5.82 Å². The van der Waals surface area contributed by atoms with Crippen LogP contribution in [0.4, 0.5) is 17.1 Å². The SMILES string of the molecule is CC(C)(C)C1=CC2B3C4=C(C=C(C(C)(C5=CC=CCC5)C5=CCCCC5)CC4N4C5C=CC(C(C)(C)C)CC5C(=C1)C24)N(C1=CCCC=C1)c1cc(N(c2ccccc2)C2C=CC=CC2)ccc13. The molecule has 8 atom stereocenters. The highest BCUT2D eigenvalue weighted by atomic mass is 15.3. The molecule has 7 aliphatic carbocycles. The molecule has 8 unspecified atom stereocenters. The van der Waals surface area contributed by atoms with Crippen molar-refractivity contribution in [2.24, 2.45) is 28.1 Å². The van der Waals surface area contributed by atoms with Gasteiger partial charge in [-0.2, -0.15) is 0 Å². The number of fused-ring (bicyclic) bond motifs is 7. The van der Waals surface area contributed by atoms with E-state index >= 15 is 0 Å². The zero-order valence-electron chi connectivity index (χ0n) is 42.1. The number of para-hydroxylation sites is 1. The van der Waals surface area contributed by atoms with E-state index < -0.39 is 0 Å². The minimum atomic E-state index is -0.130. The third-order valence-electron chi connectivity index (χ3n) is 18.3. The fourth-order valence-electron chi connectivity index (χ4n) is 14.7. The molecule has 3 heterocycles. The molecule has 0 saturated carbocycles. The van der Waals surface area contributed by atoms with E-state index in [0.717, 1.165) is 38.5 Å². The van der Waals surface area contributed by atoms with Crippen molar-refractivity contribution in [3.8, 4) is 0 Å². The quantitative estimate of drug-likeness (QED) is 0.203. The number of rotatable bonds is 7. The second-order valence-electron chi connectivity index (χ2n) is 24.2. The number of nitrogens with zero attached hydrogens (tertiary/aromatic N) is 3. The number of benzene rings is 2. The van der Waals surface area contributed by atoms with Crippen LogP contribution in [0.25, 0.3) is 0 Å². The number of allylic oxidation sites excluding steroid dienone is 15. The first kappa shape index (κ1) is 44.2.